The van der Waals surface area contributed by atoms with Gasteiger partial charge in [-0.05, 0) is 49.6 Å². The Morgan fingerprint density at radius 2 is 1.87 bits per heavy atom. The molecule has 0 saturated heterocycles. The van der Waals surface area contributed by atoms with E-state index in [0.29, 0.717) is 0 Å². The number of halogens is 1. The van der Waals surface area contributed by atoms with Crippen LogP contribution in [0, 0.1) is 13.8 Å². The third-order valence-electron chi connectivity index (χ3n) is 2.61. The van der Waals surface area contributed by atoms with E-state index in [1.54, 1.807) is 0 Å². The lowest BCUT2D eigenvalue weighted by molar-refractivity contribution is 0.992. The van der Waals surface area contributed by atoms with E-state index in [1.807, 2.05) is 0 Å². The maximum absolute atomic E-state index is 4.57. The molecule has 0 spiro atoms. The van der Waals surface area contributed by atoms with Gasteiger partial charge in [0.2, 0.25) is 0 Å². The van der Waals surface area contributed by atoms with Crippen LogP contribution in [0.1, 0.15) is 23.1 Å². The highest BCUT2D eigenvalue weighted by Crippen LogP contribution is 2.22. The van der Waals surface area contributed by atoms with Crippen LogP contribution in [0.15, 0.2) is 33.7 Å². The van der Waals surface area contributed by atoms with Crippen LogP contribution in [0.4, 0.5) is 0 Å². The molecule has 0 unspecified atom stereocenters. The zero-order valence-electron chi connectivity index (χ0n) is 9.05. The fourth-order valence-electron chi connectivity index (χ4n) is 1.98. The van der Waals surface area contributed by atoms with Gasteiger partial charge in [-0.2, -0.15) is 0 Å². The summed E-state index contributed by atoms with van der Waals surface area (Å²) in [6.45, 7) is 5.19. The van der Waals surface area contributed by atoms with Crippen molar-refractivity contribution in [3.05, 3.63) is 45.4 Å². The molecule has 0 bridgehead atoms. The molecule has 1 nitrogen and oxygen atoms in total. The van der Waals surface area contributed by atoms with Crippen LogP contribution in [-0.2, 0) is 0 Å². The number of nitrogens with zero attached hydrogens (tertiary/aromatic N) is 1. The summed E-state index contributed by atoms with van der Waals surface area (Å²) in [6.07, 6.45) is 5.40. The van der Waals surface area contributed by atoms with Crippen molar-refractivity contribution in [1.29, 1.82) is 0 Å². The lowest BCUT2D eigenvalue weighted by Crippen LogP contribution is -2.06. The molecule has 15 heavy (non-hydrogen) atoms. The van der Waals surface area contributed by atoms with E-state index in [-0.39, 0.29) is 0 Å². The summed E-state index contributed by atoms with van der Waals surface area (Å²) in [7, 11) is 0. The summed E-state index contributed by atoms with van der Waals surface area (Å²) in [5, 5.41) is 0. The predicted octanol–water partition coefficient (Wildman–Crippen LogP) is 3.81. The van der Waals surface area contributed by atoms with Crippen LogP contribution in [0.5, 0.6) is 0 Å². The van der Waals surface area contributed by atoms with Crippen molar-refractivity contribution < 1.29 is 0 Å². The average molecular weight is 264 g/mol. The van der Waals surface area contributed by atoms with Gasteiger partial charge in [-0.25, -0.2) is 0 Å². The highest BCUT2D eigenvalue weighted by atomic mass is 79.9. The van der Waals surface area contributed by atoms with Gasteiger partial charge in [0.05, 0.1) is 5.71 Å². The van der Waals surface area contributed by atoms with Crippen LogP contribution in [0.25, 0.3) is 0 Å². The van der Waals surface area contributed by atoms with Gasteiger partial charge in [0.25, 0.3) is 0 Å². The first-order valence-corrected chi connectivity index (χ1v) is 5.96. The summed E-state index contributed by atoms with van der Waals surface area (Å²) in [4.78, 5) is 4.57. The van der Waals surface area contributed by atoms with Crippen molar-refractivity contribution in [3.63, 3.8) is 0 Å². The smallest absolute Gasteiger partial charge is 0.0648 e. The number of dihydropyridines is 1. The molecule has 0 amide bonds. The zero-order valence-corrected chi connectivity index (χ0v) is 10.6. The first kappa shape index (κ1) is 10.6. The van der Waals surface area contributed by atoms with Crippen LogP contribution in [0.3, 0.4) is 0 Å². The van der Waals surface area contributed by atoms with Crippen LogP contribution >= 0.6 is 15.9 Å². The topological polar surface area (TPSA) is 12.4 Å². The standard InChI is InChI=1S/C13H14BrN/c1-9-7-11(14)8-10(2)13(9)12-5-3-4-6-15-12/h3,5,7-8H,4,6H2,1-2H3. The molecule has 0 saturated carbocycles. The largest absolute Gasteiger partial charge is 0.284 e. The number of hydrogen-bond donors (Lipinski definition) is 0. The van der Waals surface area contributed by atoms with E-state index < -0.39 is 0 Å². The molecule has 0 fully saturated rings. The maximum Gasteiger partial charge on any atom is 0.0648 e. The molecule has 1 heterocycles. The van der Waals surface area contributed by atoms with Crippen LogP contribution in [-0.4, -0.2) is 12.3 Å². The Morgan fingerprint density at radius 3 is 2.40 bits per heavy atom. The monoisotopic (exact) mass is 263 g/mol. The normalized spacial score (nSPS) is 15.3. The van der Waals surface area contributed by atoms with E-state index in [4.69, 9.17) is 0 Å². The van der Waals surface area contributed by atoms with E-state index >= 15 is 0 Å². The van der Waals surface area contributed by atoms with Gasteiger partial charge in [0.15, 0.2) is 0 Å². The van der Waals surface area contributed by atoms with E-state index in [1.165, 1.54) is 16.7 Å². The first-order chi connectivity index (χ1) is 7.18. The minimum absolute atomic E-state index is 0.917. The second kappa shape index (κ2) is 4.31. The minimum atomic E-state index is 0.917. The highest BCUT2D eigenvalue weighted by molar-refractivity contribution is 9.10. The highest BCUT2D eigenvalue weighted by Gasteiger charge is 2.10. The molecule has 0 atom stereocenters. The summed E-state index contributed by atoms with van der Waals surface area (Å²) in [5.74, 6) is 0. The summed E-state index contributed by atoms with van der Waals surface area (Å²) < 4.78 is 1.14. The Bertz CT molecular complexity index is 421. The van der Waals surface area contributed by atoms with Crippen molar-refractivity contribution in [2.45, 2.75) is 20.3 Å². The van der Waals surface area contributed by atoms with Gasteiger partial charge < -0.3 is 0 Å². The van der Waals surface area contributed by atoms with Crippen molar-refractivity contribution >= 4 is 21.6 Å². The number of benzene rings is 1. The van der Waals surface area contributed by atoms with Crippen molar-refractivity contribution in [2.75, 3.05) is 6.54 Å². The number of aliphatic imine (C=N–C) groups is 1. The van der Waals surface area contributed by atoms with E-state index in [2.05, 4.69) is 59.1 Å². The number of aryl methyl sites for hydroxylation is 2. The van der Waals surface area contributed by atoms with Crippen molar-refractivity contribution in [2.24, 2.45) is 4.99 Å². The van der Waals surface area contributed by atoms with Gasteiger partial charge in [0, 0.05) is 16.6 Å². The molecular weight excluding hydrogens is 250 g/mol. The van der Waals surface area contributed by atoms with Crippen LogP contribution < -0.4 is 0 Å². The van der Waals surface area contributed by atoms with Crippen molar-refractivity contribution in [3.8, 4) is 0 Å². The van der Waals surface area contributed by atoms with E-state index in [9.17, 15) is 0 Å². The Labute approximate surface area is 99.1 Å². The van der Waals surface area contributed by atoms with Gasteiger partial charge in [0.1, 0.15) is 0 Å². The lowest BCUT2D eigenvalue weighted by atomic mass is 9.97. The molecule has 1 aliphatic heterocycles. The molecule has 2 heteroatoms. The molecule has 0 aromatic heterocycles. The molecule has 78 valence electrons. The zero-order chi connectivity index (χ0) is 10.8. The summed E-state index contributed by atoms with van der Waals surface area (Å²) >= 11 is 3.51. The molecule has 1 aromatic rings. The Kier molecular flexibility index (Phi) is 3.06. The molecule has 2 rings (SSSR count). The average Bonchev–Trinajstić information content (AvgIpc) is 2.17. The van der Waals surface area contributed by atoms with Gasteiger partial charge >= 0.3 is 0 Å². The van der Waals surface area contributed by atoms with Gasteiger partial charge in [-0.3, -0.25) is 4.99 Å². The molecule has 0 aliphatic carbocycles. The van der Waals surface area contributed by atoms with Gasteiger partial charge in [-0.15, -0.1) is 0 Å². The second-order valence-corrected chi connectivity index (χ2v) is 4.79. The van der Waals surface area contributed by atoms with Gasteiger partial charge in [-0.1, -0.05) is 22.0 Å². The minimum Gasteiger partial charge on any atom is -0.284 e. The van der Waals surface area contributed by atoms with Crippen molar-refractivity contribution in [1.82, 2.24) is 0 Å². The number of rotatable bonds is 1. The number of hydrogen-bond acceptors (Lipinski definition) is 1. The molecular formula is C13H14BrN. The van der Waals surface area contributed by atoms with E-state index in [0.717, 1.165) is 23.1 Å². The molecule has 0 N–H and O–H groups in total. The maximum atomic E-state index is 4.57. The predicted molar refractivity (Wildman–Crippen MR) is 68.8 cm³/mol. The number of allylic oxidation sites excluding steroid dienone is 1. The Morgan fingerprint density at radius 1 is 1.20 bits per heavy atom. The molecule has 1 aromatic carbocycles. The first-order valence-electron chi connectivity index (χ1n) is 5.16. The Hall–Kier alpha value is -0.890. The summed E-state index contributed by atoms with van der Waals surface area (Å²) in [5.41, 5.74) is 4.98. The summed E-state index contributed by atoms with van der Waals surface area (Å²) in [6, 6.07) is 4.29. The quantitative estimate of drug-likeness (QED) is 0.731. The fourth-order valence-corrected chi connectivity index (χ4v) is 2.67. The molecule has 0 radical (unpaired) electrons. The SMILES string of the molecule is Cc1cc(Br)cc(C)c1C1=NCCC=C1. The third kappa shape index (κ3) is 2.20. The van der Waals surface area contributed by atoms with Crippen LogP contribution in [0.2, 0.25) is 0 Å². The Balaban J connectivity index is 2.52. The lowest BCUT2D eigenvalue weighted by Gasteiger charge is -2.13. The fraction of sp³-hybridized carbons (Fsp3) is 0.308. The molecule has 1 aliphatic rings. The third-order valence-corrected chi connectivity index (χ3v) is 3.07. The second-order valence-electron chi connectivity index (χ2n) is 3.87.